The van der Waals surface area contributed by atoms with Crippen LogP contribution in [0.25, 0.3) is 0 Å². The lowest BCUT2D eigenvalue weighted by Crippen LogP contribution is -2.45. The Morgan fingerprint density at radius 2 is 1.84 bits per heavy atom. The Morgan fingerprint density at radius 1 is 1.24 bits per heavy atom. The maximum atomic E-state index is 13.5. The zero-order chi connectivity index (χ0) is 18.8. The van der Waals surface area contributed by atoms with Crippen molar-refractivity contribution in [3.63, 3.8) is 0 Å². The number of nitrogens with one attached hydrogen (secondary N) is 1. The van der Waals surface area contributed by atoms with Gasteiger partial charge in [0.1, 0.15) is 5.82 Å². The molecular weight excluding hydrogens is 343 g/mol. The van der Waals surface area contributed by atoms with E-state index < -0.39 is 15.8 Å². The lowest BCUT2D eigenvalue weighted by molar-refractivity contribution is -0.127. The average molecular weight is 370 g/mol. The summed E-state index contributed by atoms with van der Waals surface area (Å²) in [5.74, 6) is -0.414. The van der Waals surface area contributed by atoms with E-state index in [-0.39, 0.29) is 35.9 Å². The molecule has 25 heavy (non-hydrogen) atoms. The molecule has 0 aliphatic carbocycles. The van der Waals surface area contributed by atoms with Crippen LogP contribution in [0, 0.1) is 24.6 Å². The predicted molar refractivity (Wildman–Crippen MR) is 95.1 cm³/mol. The maximum Gasteiger partial charge on any atom is 0.243 e. The van der Waals surface area contributed by atoms with Crippen LogP contribution in [0.3, 0.4) is 0 Å². The summed E-state index contributed by atoms with van der Waals surface area (Å²) in [6, 6.07) is 3.87. The SMILES string of the molecule is Cc1ccc(F)cc1S(=O)(=O)N1CCC(C(=O)NC(C)C(C)C)CC1. The van der Waals surface area contributed by atoms with Crippen molar-refractivity contribution >= 4 is 15.9 Å². The summed E-state index contributed by atoms with van der Waals surface area (Å²) in [4.78, 5) is 12.3. The highest BCUT2D eigenvalue weighted by molar-refractivity contribution is 7.89. The Hall–Kier alpha value is -1.47. The maximum absolute atomic E-state index is 13.5. The quantitative estimate of drug-likeness (QED) is 0.867. The first-order valence-corrected chi connectivity index (χ1v) is 10.1. The third kappa shape index (κ3) is 4.58. The van der Waals surface area contributed by atoms with Gasteiger partial charge in [0.05, 0.1) is 4.90 Å². The van der Waals surface area contributed by atoms with E-state index in [1.165, 1.54) is 16.4 Å². The molecular formula is C18H27FN2O3S. The van der Waals surface area contributed by atoms with Gasteiger partial charge in [0.25, 0.3) is 0 Å². The number of aryl methyl sites for hydroxylation is 1. The first kappa shape index (κ1) is 19.8. The molecule has 1 N–H and O–H groups in total. The summed E-state index contributed by atoms with van der Waals surface area (Å²) < 4.78 is 40.3. The molecule has 0 bridgehead atoms. The van der Waals surface area contributed by atoms with Crippen molar-refractivity contribution in [2.75, 3.05) is 13.1 Å². The minimum absolute atomic E-state index is 0.00355. The predicted octanol–water partition coefficient (Wildman–Crippen LogP) is 2.70. The molecule has 1 unspecified atom stereocenters. The second-order valence-corrected chi connectivity index (χ2v) is 9.04. The van der Waals surface area contributed by atoms with Gasteiger partial charge in [-0.05, 0) is 50.3 Å². The molecule has 1 amide bonds. The number of halogens is 1. The molecule has 1 aliphatic heterocycles. The summed E-state index contributed by atoms with van der Waals surface area (Å²) in [6.07, 6.45) is 0.953. The van der Waals surface area contributed by atoms with Crippen LogP contribution in [0.1, 0.15) is 39.2 Å². The van der Waals surface area contributed by atoms with Gasteiger partial charge in [-0.15, -0.1) is 0 Å². The second-order valence-electron chi connectivity index (χ2n) is 7.13. The number of sulfonamides is 1. The van der Waals surface area contributed by atoms with E-state index in [9.17, 15) is 17.6 Å². The minimum atomic E-state index is -3.74. The molecule has 1 heterocycles. The Balaban J connectivity index is 2.04. The zero-order valence-electron chi connectivity index (χ0n) is 15.3. The van der Waals surface area contributed by atoms with Crippen LogP contribution in [0.4, 0.5) is 4.39 Å². The third-order valence-electron chi connectivity index (χ3n) is 4.96. The van der Waals surface area contributed by atoms with Crippen molar-refractivity contribution in [3.8, 4) is 0 Å². The number of nitrogens with zero attached hydrogens (tertiary/aromatic N) is 1. The Bertz CT molecular complexity index is 726. The van der Waals surface area contributed by atoms with Gasteiger partial charge in [-0.3, -0.25) is 4.79 Å². The van der Waals surface area contributed by atoms with Crippen LogP contribution in [-0.2, 0) is 14.8 Å². The van der Waals surface area contributed by atoms with Crippen molar-refractivity contribution in [2.24, 2.45) is 11.8 Å². The number of amides is 1. The summed E-state index contributed by atoms with van der Waals surface area (Å²) in [5, 5.41) is 2.99. The lowest BCUT2D eigenvalue weighted by Gasteiger charge is -2.31. The summed E-state index contributed by atoms with van der Waals surface area (Å²) >= 11 is 0. The number of carbonyl (C=O) groups is 1. The van der Waals surface area contributed by atoms with Crippen LogP contribution >= 0.6 is 0 Å². The molecule has 0 saturated carbocycles. The van der Waals surface area contributed by atoms with Gasteiger partial charge in [0, 0.05) is 25.0 Å². The number of rotatable bonds is 5. The fourth-order valence-corrected chi connectivity index (χ4v) is 4.56. The van der Waals surface area contributed by atoms with Crippen LogP contribution < -0.4 is 5.32 Å². The van der Waals surface area contributed by atoms with E-state index in [2.05, 4.69) is 5.32 Å². The molecule has 1 aromatic carbocycles. The molecule has 0 aromatic heterocycles. The van der Waals surface area contributed by atoms with Crippen LogP contribution in [-0.4, -0.2) is 37.8 Å². The van der Waals surface area contributed by atoms with Crippen molar-refractivity contribution in [1.82, 2.24) is 9.62 Å². The topological polar surface area (TPSA) is 66.5 Å². The summed E-state index contributed by atoms with van der Waals surface area (Å²) in [5.41, 5.74) is 0.520. The lowest BCUT2D eigenvalue weighted by atomic mass is 9.96. The normalized spacial score (nSPS) is 18.3. The molecule has 1 atom stereocenters. The molecule has 1 aromatic rings. The Morgan fingerprint density at radius 3 is 2.40 bits per heavy atom. The molecule has 0 radical (unpaired) electrons. The molecule has 1 aliphatic rings. The van der Waals surface area contributed by atoms with Crippen molar-refractivity contribution in [1.29, 1.82) is 0 Å². The van der Waals surface area contributed by atoms with Crippen LogP contribution in [0.5, 0.6) is 0 Å². The Kier molecular flexibility index (Phi) is 6.21. The fourth-order valence-electron chi connectivity index (χ4n) is 2.86. The number of piperidine rings is 1. The van der Waals surface area contributed by atoms with Gasteiger partial charge in [-0.1, -0.05) is 19.9 Å². The average Bonchev–Trinajstić information content (AvgIpc) is 2.56. The number of carbonyl (C=O) groups excluding carboxylic acids is 1. The van der Waals surface area contributed by atoms with E-state index >= 15 is 0 Å². The summed E-state index contributed by atoms with van der Waals surface area (Å²) in [6.45, 7) is 8.25. The largest absolute Gasteiger partial charge is 0.353 e. The summed E-state index contributed by atoms with van der Waals surface area (Å²) in [7, 11) is -3.74. The van der Waals surface area contributed by atoms with E-state index in [1.807, 2.05) is 20.8 Å². The minimum Gasteiger partial charge on any atom is -0.353 e. The van der Waals surface area contributed by atoms with Crippen LogP contribution in [0.15, 0.2) is 23.1 Å². The smallest absolute Gasteiger partial charge is 0.243 e. The first-order chi connectivity index (χ1) is 11.6. The van der Waals surface area contributed by atoms with E-state index in [4.69, 9.17) is 0 Å². The van der Waals surface area contributed by atoms with Crippen LogP contribution in [0.2, 0.25) is 0 Å². The van der Waals surface area contributed by atoms with Crippen molar-refractivity contribution in [2.45, 2.75) is 51.5 Å². The van der Waals surface area contributed by atoms with E-state index in [0.29, 0.717) is 24.3 Å². The molecule has 2 rings (SSSR count). The highest BCUT2D eigenvalue weighted by atomic mass is 32.2. The fraction of sp³-hybridized carbons (Fsp3) is 0.611. The highest BCUT2D eigenvalue weighted by Gasteiger charge is 2.33. The van der Waals surface area contributed by atoms with Gasteiger partial charge in [0.2, 0.25) is 15.9 Å². The highest BCUT2D eigenvalue weighted by Crippen LogP contribution is 2.26. The molecule has 1 saturated heterocycles. The second kappa shape index (κ2) is 7.83. The van der Waals surface area contributed by atoms with Crippen molar-refractivity contribution in [3.05, 3.63) is 29.6 Å². The van der Waals surface area contributed by atoms with Gasteiger partial charge >= 0.3 is 0 Å². The number of hydrogen-bond acceptors (Lipinski definition) is 3. The molecule has 7 heteroatoms. The van der Waals surface area contributed by atoms with Gasteiger partial charge < -0.3 is 5.32 Å². The van der Waals surface area contributed by atoms with Crippen molar-refractivity contribution < 1.29 is 17.6 Å². The molecule has 0 spiro atoms. The van der Waals surface area contributed by atoms with Gasteiger partial charge in [-0.25, -0.2) is 12.8 Å². The third-order valence-corrected chi connectivity index (χ3v) is 7.00. The van der Waals surface area contributed by atoms with E-state index in [1.54, 1.807) is 6.92 Å². The molecule has 1 fully saturated rings. The molecule has 140 valence electrons. The van der Waals surface area contributed by atoms with E-state index in [0.717, 1.165) is 6.07 Å². The zero-order valence-corrected chi connectivity index (χ0v) is 16.1. The monoisotopic (exact) mass is 370 g/mol. The Labute approximate surface area is 149 Å². The standard InChI is InChI=1S/C18H27FN2O3S/c1-12(2)14(4)20-18(22)15-7-9-21(10-8-15)25(23,24)17-11-16(19)6-5-13(17)3/h5-6,11-12,14-15H,7-10H2,1-4H3,(H,20,22). The molecule has 5 nitrogen and oxygen atoms in total. The first-order valence-electron chi connectivity index (χ1n) is 8.69. The van der Waals surface area contributed by atoms with Gasteiger partial charge in [0.15, 0.2) is 0 Å². The van der Waals surface area contributed by atoms with Gasteiger partial charge in [-0.2, -0.15) is 4.31 Å². The number of benzene rings is 1. The number of hydrogen-bond donors (Lipinski definition) is 1.